The Labute approximate surface area is 113 Å². The summed E-state index contributed by atoms with van der Waals surface area (Å²) in [5.74, 6) is -1.03. The number of benzene rings is 1. The van der Waals surface area contributed by atoms with Crippen LogP contribution in [-0.2, 0) is 17.4 Å². The van der Waals surface area contributed by atoms with Crippen molar-refractivity contribution >= 4 is 16.9 Å². The Balaban J connectivity index is 2.68. The highest BCUT2D eigenvalue weighted by Crippen LogP contribution is 2.38. The van der Waals surface area contributed by atoms with Crippen molar-refractivity contribution in [1.82, 2.24) is 4.98 Å². The Morgan fingerprint density at radius 1 is 1.30 bits per heavy atom. The standard InChI is InChI=1S/C14H14F3NO2/c1-7-5-10(14(15,16)17)13-9(3-4-12(19)20)8(2)18-11(13)6-7/h5-6,18H,3-4H2,1-2H3,(H,19,20). The average molecular weight is 285 g/mol. The second-order valence-electron chi connectivity index (χ2n) is 4.86. The molecule has 0 aliphatic heterocycles. The van der Waals surface area contributed by atoms with E-state index in [4.69, 9.17) is 5.11 Å². The Hall–Kier alpha value is -1.98. The van der Waals surface area contributed by atoms with Gasteiger partial charge in [0, 0.05) is 23.0 Å². The number of H-pyrrole nitrogens is 1. The zero-order valence-electron chi connectivity index (χ0n) is 11.1. The zero-order valence-corrected chi connectivity index (χ0v) is 11.1. The molecule has 3 nitrogen and oxygen atoms in total. The van der Waals surface area contributed by atoms with Crippen LogP contribution in [-0.4, -0.2) is 16.1 Å². The number of alkyl halides is 3. The Morgan fingerprint density at radius 3 is 2.50 bits per heavy atom. The lowest BCUT2D eigenvalue weighted by Crippen LogP contribution is -2.07. The van der Waals surface area contributed by atoms with Crippen molar-refractivity contribution in [2.45, 2.75) is 32.9 Å². The molecule has 1 heterocycles. The molecule has 0 unspecified atom stereocenters. The molecule has 0 atom stereocenters. The summed E-state index contributed by atoms with van der Waals surface area (Å²) in [4.78, 5) is 13.6. The van der Waals surface area contributed by atoms with Gasteiger partial charge in [-0.15, -0.1) is 0 Å². The molecule has 2 aromatic rings. The molecular formula is C14H14F3NO2. The lowest BCUT2D eigenvalue weighted by molar-refractivity contribution is -0.137. The van der Waals surface area contributed by atoms with Crippen molar-refractivity contribution in [1.29, 1.82) is 0 Å². The van der Waals surface area contributed by atoms with Crippen molar-refractivity contribution in [2.75, 3.05) is 0 Å². The van der Waals surface area contributed by atoms with Crippen LogP contribution in [0.15, 0.2) is 12.1 Å². The molecule has 20 heavy (non-hydrogen) atoms. The third kappa shape index (κ3) is 2.64. The summed E-state index contributed by atoms with van der Waals surface area (Å²) in [6, 6.07) is 2.74. The highest BCUT2D eigenvalue weighted by molar-refractivity contribution is 5.89. The number of carboxylic acids is 1. The fourth-order valence-corrected chi connectivity index (χ4v) is 2.44. The number of halogens is 3. The van der Waals surface area contributed by atoms with Gasteiger partial charge < -0.3 is 10.1 Å². The maximum Gasteiger partial charge on any atom is 0.417 e. The van der Waals surface area contributed by atoms with Crippen LogP contribution < -0.4 is 0 Å². The van der Waals surface area contributed by atoms with Crippen LogP contribution in [0.2, 0.25) is 0 Å². The van der Waals surface area contributed by atoms with Crippen LogP contribution >= 0.6 is 0 Å². The average Bonchev–Trinajstić information content (AvgIpc) is 2.59. The summed E-state index contributed by atoms with van der Waals surface area (Å²) in [5.41, 5.74) is 1.20. The monoisotopic (exact) mass is 285 g/mol. The van der Waals surface area contributed by atoms with Gasteiger partial charge in [0.1, 0.15) is 0 Å². The lowest BCUT2D eigenvalue weighted by atomic mass is 9.99. The largest absolute Gasteiger partial charge is 0.481 e. The number of fused-ring (bicyclic) bond motifs is 1. The molecule has 0 amide bonds. The quantitative estimate of drug-likeness (QED) is 0.900. The van der Waals surface area contributed by atoms with E-state index in [0.717, 1.165) is 6.07 Å². The molecule has 0 radical (unpaired) electrons. The predicted molar refractivity (Wildman–Crippen MR) is 68.7 cm³/mol. The minimum Gasteiger partial charge on any atom is -0.481 e. The van der Waals surface area contributed by atoms with E-state index in [9.17, 15) is 18.0 Å². The summed E-state index contributed by atoms with van der Waals surface area (Å²) < 4.78 is 39.5. The first-order valence-corrected chi connectivity index (χ1v) is 6.11. The number of carbonyl (C=O) groups is 1. The lowest BCUT2D eigenvalue weighted by Gasteiger charge is -2.11. The molecule has 0 bridgehead atoms. The highest BCUT2D eigenvalue weighted by Gasteiger charge is 2.34. The zero-order chi connectivity index (χ0) is 15.1. The third-order valence-corrected chi connectivity index (χ3v) is 3.25. The molecule has 0 saturated heterocycles. The molecule has 0 saturated carbocycles. The molecule has 1 aromatic heterocycles. The first kappa shape index (κ1) is 14.4. The maximum atomic E-state index is 13.2. The fourth-order valence-electron chi connectivity index (χ4n) is 2.44. The highest BCUT2D eigenvalue weighted by atomic mass is 19.4. The summed E-state index contributed by atoms with van der Waals surface area (Å²) in [6.07, 6.45) is -4.58. The first-order valence-electron chi connectivity index (χ1n) is 6.11. The molecule has 6 heteroatoms. The van der Waals surface area contributed by atoms with Gasteiger partial charge in [-0.2, -0.15) is 13.2 Å². The Morgan fingerprint density at radius 2 is 1.95 bits per heavy atom. The van der Waals surface area contributed by atoms with E-state index in [1.165, 1.54) is 0 Å². The van der Waals surface area contributed by atoms with Gasteiger partial charge >= 0.3 is 12.1 Å². The molecule has 0 aliphatic carbocycles. The van der Waals surface area contributed by atoms with Gasteiger partial charge in [0.05, 0.1) is 5.56 Å². The van der Waals surface area contributed by atoms with E-state index in [1.54, 1.807) is 19.9 Å². The molecular weight excluding hydrogens is 271 g/mol. The molecule has 1 aromatic carbocycles. The maximum absolute atomic E-state index is 13.2. The second kappa shape index (κ2) is 4.85. The van der Waals surface area contributed by atoms with Gasteiger partial charge in [0.25, 0.3) is 0 Å². The van der Waals surface area contributed by atoms with Crippen LogP contribution in [0.4, 0.5) is 13.2 Å². The summed E-state index contributed by atoms with van der Waals surface area (Å²) in [6.45, 7) is 3.26. The second-order valence-corrected chi connectivity index (χ2v) is 4.86. The summed E-state index contributed by atoms with van der Waals surface area (Å²) in [5, 5.41) is 8.80. The Kier molecular flexibility index (Phi) is 3.50. The first-order chi connectivity index (χ1) is 9.20. The van der Waals surface area contributed by atoms with Crippen LogP contribution in [0.25, 0.3) is 10.9 Å². The number of hydrogen-bond donors (Lipinski definition) is 2. The normalized spacial score (nSPS) is 12.1. The SMILES string of the molecule is Cc1cc(C(F)(F)F)c2c(CCC(=O)O)c(C)[nH]c2c1. The molecule has 2 N–H and O–H groups in total. The van der Waals surface area contributed by atoms with Crippen LogP contribution in [0, 0.1) is 13.8 Å². The number of hydrogen-bond acceptors (Lipinski definition) is 1. The van der Waals surface area contributed by atoms with E-state index >= 15 is 0 Å². The van der Waals surface area contributed by atoms with Crippen LogP contribution in [0.1, 0.15) is 28.8 Å². The van der Waals surface area contributed by atoms with Crippen molar-refractivity contribution < 1.29 is 23.1 Å². The fraction of sp³-hybridized carbons (Fsp3) is 0.357. The number of aliphatic carboxylic acids is 1. The molecule has 0 spiro atoms. The van der Waals surface area contributed by atoms with Gasteiger partial charge in [0.15, 0.2) is 0 Å². The number of carboxylic acid groups (broad SMARTS) is 1. The van der Waals surface area contributed by atoms with Crippen LogP contribution in [0.3, 0.4) is 0 Å². The van der Waals surface area contributed by atoms with E-state index in [2.05, 4.69) is 4.98 Å². The minimum absolute atomic E-state index is 0.0767. The van der Waals surface area contributed by atoms with Crippen molar-refractivity contribution in [2.24, 2.45) is 0 Å². The van der Waals surface area contributed by atoms with E-state index < -0.39 is 17.7 Å². The van der Waals surface area contributed by atoms with E-state index in [-0.39, 0.29) is 18.2 Å². The minimum atomic E-state index is -4.46. The summed E-state index contributed by atoms with van der Waals surface area (Å²) in [7, 11) is 0. The van der Waals surface area contributed by atoms with Gasteiger partial charge in [-0.3, -0.25) is 4.79 Å². The van der Waals surface area contributed by atoms with E-state index in [0.29, 0.717) is 22.3 Å². The van der Waals surface area contributed by atoms with E-state index in [1.807, 2.05) is 0 Å². The smallest absolute Gasteiger partial charge is 0.417 e. The number of nitrogens with one attached hydrogen (secondary N) is 1. The van der Waals surface area contributed by atoms with Gasteiger partial charge in [-0.05, 0) is 43.5 Å². The molecule has 2 rings (SSSR count). The van der Waals surface area contributed by atoms with Crippen LogP contribution in [0.5, 0.6) is 0 Å². The number of rotatable bonds is 3. The van der Waals surface area contributed by atoms with Crippen molar-refractivity contribution in [3.63, 3.8) is 0 Å². The van der Waals surface area contributed by atoms with Crippen molar-refractivity contribution in [3.8, 4) is 0 Å². The predicted octanol–water partition coefficient (Wildman–Crippen LogP) is 3.82. The third-order valence-electron chi connectivity index (χ3n) is 3.25. The molecule has 0 fully saturated rings. The van der Waals surface area contributed by atoms with Gasteiger partial charge in [-0.25, -0.2) is 0 Å². The van der Waals surface area contributed by atoms with Gasteiger partial charge in [0.2, 0.25) is 0 Å². The topological polar surface area (TPSA) is 53.1 Å². The van der Waals surface area contributed by atoms with Gasteiger partial charge in [-0.1, -0.05) is 0 Å². The van der Waals surface area contributed by atoms with Crippen molar-refractivity contribution in [3.05, 3.63) is 34.5 Å². The number of aromatic nitrogens is 1. The number of aryl methyl sites for hydroxylation is 3. The molecule has 0 aliphatic rings. The molecule has 108 valence electrons. The Bertz CT molecular complexity index is 671. The summed E-state index contributed by atoms with van der Waals surface area (Å²) >= 11 is 0. The number of aromatic amines is 1.